The third kappa shape index (κ3) is 3.13. The van der Waals surface area contributed by atoms with Gasteiger partial charge in [-0.3, -0.25) is 4.79 Å². The maximum atomic E-state index is 12.4. The van der Waals surface area contributed by atoms with Crippen molar-refractivity contribution in [2.24, 2.45) is 0 Å². The Morgan fingerprint density at radius 3 is 2.38 bits per heavy atom. The number of hydrogen-bond acceptors (Lipinski definition) is 5. The van der Waals surface area contributed by atoms with Crippen LogP contribution in [0.4, 0.5) is 5.69 Å². The lowest BCUT2D eigenvalue weighted by Crippen LogP contribution is -2.18. The fraction of sp³-hybridized carbons (Fsp3) is 0.125. The molecule has 1 amide bonds. The van der Waals surface area contributed by atoms with E-state index in [-0.39, 0.29) is 17.0 Å². The molecule has 0 aliphatic carbocycles. The molecule has 8 heteroatoms. The smallest absolute Gasteiger partial charge is 0.339 e. The second-order valence-corrected chi connectivity index (χ2v) is 5.82. The number of carbonyl (C=O) groups excluding carboxylic acids is 1. The van der Waals surface area contributed by atoms with Gasteiger partial charge in [-0.15, -0.1) is 0 Å². The first kappa shape index (κ1) is 16.1. The normalized spacial score (nSPS) is 12.5. The Morgan fingerprint density at radius 2 is 1.71 bits per heavy atom. The zero-order valence-corrected chi connectivity index (χ0v) is 13.8. The predicted molar refractivity (Wildman–Crippen MR) is 88.2 cm³/mol. The standard InChI is InChI=1S/C16H12BrNO6/c17-11-7-14-13(23-3-4-24-14)6-9(11)15(20)18-8-1-2-12(19)10(5-8)16(21)22/h1-2,5-7,19H,3-4H2,(H,18,20)(H,21,22). The Labute approximate surface area is 144 Å². The third-order valence-electron chi connectivity index (χ3n) is 3.36. The third-order valence-corrected chi connectivity index (χ3v) is 4.02. The predicted octanol–water partition coefficient (Wildman–Crippen LogP) is 2.88. The number of carboxylic acids is 1. The second kappa shape index (κ2) is 6.40. The molecule has 0 aromatic heterocycles. The van der Waals surface area contributed by atoms with E-state index in [0.29, 0.717) is 34.7 Å². The van der Waals surface area contributed by atoms with Crippen LogP contribution in [-0.2, 0) is 0 Å². The Balaban J connectivity index is 1.88. The van der Waals surface area contributed by atoms with E-state index >= 15 is 0 Å². The number of rotatable bonds is 3. The summed E-state index contributed by atoms with van der Waals surface area (Å²) in [4.78, 5) is 23.5. The molecule has 0 spiro atoms. The minimum Gasteiger partial charge on any atom is -0.507 e. The number of aromatic hydroxyl groups is 1. The van der Waals surface area contributed by atoms with Crippen molar-refractivity contribution in [1.29, 1.82) is 0 Å². The number of nitrogens with one attached hydrogen (secondary N) is 1. The van der Waals surface area contributed by atoms with Gasteiger partial charge in [0.05, 0.1) is 5.56 Å². The lowest BCUT2D eigenvalue weighted by molar-refractivity contribution is 0.0693. The number of anilines is 1. The molecule has 1 aliphatic rings. The van der Waals surface area contributed by atoms with E-state index in [9.17, 15) is 14.7 Å². The lowest BCUT2D eigenvalue weighted by atomic mass is 10.1. The number of ether oxygens (including phenoxy) is 2. The number of halogens is 1. The van der Waals surface area contributed by atoms with Gasteiger partial charge in [0.25, 0.3) is 5.91 Å². The van der Waals surface area contributed by atoms with Crippen LogP contribution < -0.4 is 14.8 Å². The zero-order chi connectivity index (χ0) is 17.3. The summed E-state index contributed by atoms with van der Waals surface area (Å²) in [6.07, 6.45) is 0. The number of benzene rings is 2. The van der Waals surface area contributed by atoms with Crippen LogP contribution in [0.1, 0.15) is 20.7 Å². The first-order valence-corrected chi connectivity index (χ1v) is 7.72. The molecule has 24 heavy (non-hydrogen) atoms. The average Bonchev–Trinajstić information content (AvgIpc) is 2.55. The number of phenols is 1. The maximum Gasteiger partial charge on any atom is 0.339 e. The molecule has 124 valence electrons. The van der Waals surface area contributed by atoms with Gasteiger partial charge in [-0.1, -0.05) is 0 Å². The Morgan fingerprint density at radius 1 is 1.04 bits per heavy atom. The van der Waals surface area contributed by atoms with E-state index < -0.39 is 11.9 Å². The Bertz CT molecular complexity index is 836. The van der Waals surface area contributed by atoms with Crippen molar-refractivity contribution in [1.82, 2.24) is 0 Å². The van der Waals surface area contributed by atoms with Crippen LogP contribution >= 0.6 is 15.9 Å². The molecule has 3 N–H and O–H groups in total. The zero-order valence-electron chi connectivity index (χ0n) is 12.2. The van der Waals surface area contributed by atoms with Crippen LogP contribution in [-0.4, -0.2) is 35.3 Å². The van der Waals surface area contributed by atoms with Gasteiger partial charge in [-0.25, -0.2) is 4.79 Å². The fourth-order valence-corrected chi connectivity index (χ4v) is 2.72. The number of fused-ring (bicyclic) bond motifs is 1. The highest BCUT2D eigenvalue weighted by Crippen LogP contribution is 2.36. The van der Waals surface area contributed by atoms with E-state index in [0.717, 1.165) is 0 Å². The molecule has 7 nitrogen and oxygen atoms in total. The van der Waals surface area contributed by atoms with E-state index in [1.807, 2.05) is 0 Å². The molecule has 2 aromatic carbocycles. The molecule has 0 radical (unpaired) electrons. The van der Waals surface area contributed by atoms with E-state index in [1.54, 1.807) is 12.1 Å². The topological polar surface area (TPSA) is 105 Å². The van der Waals surface area contributed by atoms with E-state index in [1.165, 1.54) is 18.2 Å². The van der Waals surface area contributed by atoms with Gasteiger partial charge < -0.3 is 25.0 Å². The van der Waals surface area contributed by atoms with Crippen molar-refractivity contribution in [3.05, 3.63) is 45.9 Å². The summed E-state index contributed by atoms with van der Waals surface area (Å²) in [5, 5.41) is 21.1. The number of carbonyl (C=O) groups is 2. The SMILES string of the molecule is O=C(O)c1cc(NC(=O)c2cc3c(cc2Br)OCCO3)ccc1O. The molecule has 3 rings (SSSR count). The quantitative estimate of drug-likeness (QED) is 0.692. The summed E-state index contributed by atoms with van der Waals surface area (Å²) >= 11 is 3.31. The van der Waals surface area contributed by atoms with Gasteiger partial charge in [0.2, 0.25) is 0 Å². The highest BCUT2D eigenvalue weighted by Gasteiger charge is 2.19. The summed E-state index contributed by atoms with van der Waals surface area (Å²) in [5.74, 6) is -1.11. The summed E-state index contributed by atoms with van der Waals surface area (Å²) in [6.45, 7) is 0.839. The van der Waals surface area contributed by atoms with Crippen molar-refractivity contribution in [2.75, 3.05) is 18.5 Å². The molecule has 1 aliphatic heterocycles. The van der Waals surface area contributed by atoms with Crippen molar-refractivity contribution in [2.45, 2.75) is 0 Å². The van der Waals surface area contributed by atoms with Gasteiger partial charge in [0, 0.05) is 10.2 Å². The number of amides is 1. The lowest BCUT2D eigenvalue weighted by Gasteiger charge is -2.19. The van der Waals surface area contributed by atoms with Crippen molar-refractivity contribution >= 4 is 33.5 Å². The molecule has 0 atom stereocenters. The number of carboxylic acid groups (broad SMARTS) is 1. The molecule has 0 saturated carbocycles. The minimum atomic E-state index is -1.29. The van der Waals surface area contributed by atoms with Crippen LogP contribution in [0.15, 0.2) is 34.8 Å². The van der Waals surface area contributed by atoms with Crippen LogP contribution in [0.3, 0.4) is 0 Å². The molecule has 0 saturated heterocycles. The fourth-order valence-electron chi connectivity index (χ4n) is 2.22. The molecule has 0 unspecified atom stereocenters. The largest absolute Gasteiger partial charge is 0.507 e. The number of hydrogen-bond donors (Lipinski definition) is 3. The Kier molecular flexibility index (Phi) is 4.30. The van der Waals surface area contributed by atoms with E-state index in [2.05, 4.69) is 21.2 Å². The molecule has 2 aromatic rings. The highest BCUT2D eigenvalue weighted by atomic mass is 79.9. The molecule has 1 heterocycles. The monoisotopic (exact) mass is 393 g/mol. The summed E-state index contributed by atoms with van der Waals surface area (Å²) in [5.41, 5.74) is 0.259. The van der Waals surface area contributed by atoms with Crippen molar-refractivity contribution in [3.8, 4) is 17.2 Å². The van der Waals surface area contributed by atoms with Crippen LogP contribution in [0.5, 0.6) is 17.2 Å². The summed E-state index contributed by atoms with van der Waals surface area (Å²) in [6, 6.07) is 6.99. The average molecular weight is 394 g/mol. The van der Waals surface area contributed by atoms with Gasteiger partial charge in [0.15, 0.2) is 11.5 Å². The minimum absolute atomic E-state index is 0.247. The van der Waals surface area contributed by atoms with Crippen LogP contribution in [0, 0.1) is 0 Å². The van der Waals surface area contributed by atoms with Gasteiger partial charge in [-0.05, 0) is 46.3 Å². The van der Waals surface area contributed by atoms with Gasteiger partial charge >= 0.3 is 5.97 Å². The summed E-state index contributed by atoms with van der Waals surface area (Å²) in [7, 11) is 0. The maximum absolute atomic E-state index is 12.4. The second-order valence-electron chi connectivity index (χ2n) is 4.97. The van der Waals surface area contributed by atoms with Crippen molar-refractivity contribution in [3.63, 3.8) is 0 Å². The van der Waals surface area contributed by atoms with Crippen LogP contribution in [0.2, 0.25) is 0 Å². The van der Waals surface area contributed by atoms with Gasteiger partial charge in [-0.2, -0.15) is 0 Å². The summed E-state index contributed by atoms with van der Waals surface area (Å²) < 4.78 is 11.4. The Hall–Kier alpha value is -2.74. The molecular weight excluding hydrogens is 382 g/mol. The molecule has 0 fully saturated rings. The van der Waals surface area contributed by atoms with Crippen molar-refractivity contribution < 1.29 is 29.3 Å². The highest BCUT2D eigenvalue weighted by molar-refractivity contribution is 9.10. The molecular formula is C16H12BrNO6. The first-order chi connectivity index (χ1) is 11.5. The number of aromatic carboxylic acids is 1. The first-order valence-electron chi connectivity index (χ1n) is 6.92. The van der Waals surface area contributed by atoms with Crippen LogP contribution in [0.25, 0.3) is 0 Å². The molecule has 0 bridgehead atoms. The van der Waals surface area contributed by atoms with E-state index in [4.69, 9.17) is 14.6 Å². The van der Waals surface area contributed by atoms with Gasteiger partial charge in [0.1, 0.15) is 24.5 Å².